The highest BCUT2D eigenvalue weighted by Crippen LogP contribution is 2.32. The van der Waals surface area contributed by atoms with E-state index in [4.69, 9.17) is 5.73 Å². The zero-order chi connectivity index (χ0) is 15.5. The number of aryl methyl sites for hydroxylation is 1. The zero-order valence-electron chi connectivity index (χ0n) is 12.0. The van der Waals surface area contributed by atoms with Gasteiger partial charge in [-0.15, -0.1) is 0 Å². The molecule has 114 valence electrons. The van der Waals surface area contributed by atoms with E-state index in [0.29, 0.717) is 18.0 Å². The van der Waals surface area contributed by atoms with Crippen molar-refractivity contribution in [2.75, 3.05) is 16.8 Å². The monoisotopic (exact) mass is 326 g/mol. The average molecular weight is 326 g/mol. The molecule has 0 bridgehead atoms. The number of rotatable bonds is 6. The van der Waals surface area contributed by atoms with Gasteiger partial charge >= 0.3 is 0 Å². The van der Waals surface area contributed by atoms with Crippen LogP contribution in [0.1, 0.15) is 24.6 Å². The van der Waals surface area contributed by atoms with Gasteiger partial charge in [0.1, 0.15) is 9.90 Å². The van der Waals surface area contributed by atoms with E-state index in [1.165, 1.54) is 0 Å². The molecule has 0 fully saturated rings. The summed E-state index contributed by atoms with van der Waals surface area (Å²) in [6.45, 7) is 4.21. The molecule has 0 aliphatic heterocycles. The number of hydrogen-bond donors (Lipinski definition) is 2. The van der Waals surface area contributed by atoms with Crippen LogP contribution in [-0.4, -0.2) is 23.5 Å². The molecule has 8 heteroatoms. The van der Waals surface area contributed by atoms with Crippen molar-refractivity contribution in [2.24, 2.45) is 0 Å². The van der Waals surface area contributed by atoms with Gasteiger partial charge in [0.05, 0.1) is 18.0 Å². The molecule has 0 aliphatic rings. The second-order valence-corrected chi connectivity index (χ2v) is 7.48. The van der Waals surface area contributed by atoms with Crippen molar-refractivity contribution in [1.82, 2.24) is 9.36 Å². The Balaban J connectivity index is 2.25. The van der Waals surface area contributed by atoms with Gasteiger partial charge in [0.25, 0.3) is 0 Å². The predicted octanol–water partition coefficient (Wildman–Crippen LogP) is 2.22. The molecule has 0 aromatic carbocycles. The Hall–Kier alpha value is -1.67. The maximum Gasteiger partial charge on any atom is 0.185 e. The van der Waals surface area contributed by atoms with Crippen LogP contribution in [0.15, 0.2) is 23.2 Å². The summed E-state index contributed by atoms with van der Waals surface area (Å²) in [4.78, 5) is 4.38. The molecule has 0 atom stereocenters. The molecule has 0 radical (unpaired) electrons. The first-order valence-electron chi connectivity index (χ1n) is 6.58. The summed E-state index contributed by atoms with van der Waals surface area (Å²) in [7, 11) is -3.40. The summed E-state index contributed by atoms with van der Waals surface area (Å²) < 4.78 is 28.4. The summed E-state index contributed by atoms with van der Waals surface area (Å²) in [5, 5.41) is 3.57. The molecule has 0 saturated carbocycles. The fourth-order valence-electron chi connectivity index (χ4n) is 1.95. The van der Waals surface area contributed by atoms with E-state index >= 15 is 0 Å². The number of nitrogens with two attached hydrogens (primary N) is 1. The number of aromatic nitrogens is 2. The van der Waals surface area contributed by atoms with Crippen molar-refractivity contribution in [1.29, 1.82) is 0 Å². The molecular formula is C13H18N4O2S2. The fourth-order valence-corrected chi connectivity index (χ4v) is 4.56. The summed E-state index contributed by atoms with van der Waals surface area (Å²) >= 11 is 1.06. The van der Waals surface area contributed by atoms with Crippen molar-refractivity contribution < 1.29 is 8.42 Å². The molecule has 21 heavy (non-hydrogen) atoms. The summed E-state index contributed by atoms with van der Waals surface area (Å²) in [6.07, 6.45) is 2.25. The van der Waals surface area contributed by atoms with E-state index in [0.717, 1.165) is 22.8 Å². The molecule has 0 amide bonds. The van der Waals surface area contributed by atoms with Crippen LogP contribution in [-0.2, 0) is 16.4 Å². The molecule has 0 spiro atoms. The Morgan fingerprint density at radius 2 is 2.19 bits per heavy atom. The zero-order valence-corrected chi connectivity index (χ0v) is 13.6. The first kappa shape index (κ1) is 15.7. The third kappa shape index (κ3) is 3.51. The molecule has 0 unspecified atom stereocenters. The SMILES string of the molecule is CCCS(=O)(=O)c1c(N)nsc1NCc1ncccc1C. The third-order valence-electron chi connectivity index (χ3n) is 2.99. The van der Waals surface area contributed by atoms with Gasteiger partial charge in [0.2, 0.25) is 0 Å². The highest BCUT2D eigenvalue weighted by atomic mass is 32.2. The van der Waals surface area contributed by atoms with Crippen LogP contribution >= 0.6 is 11.5 Å². The molecule has 2 heterocycles. The lowest BCUT2D eigenvalue weighted by atomic mass is 10.2. The summed E-state index contributed by atoms with van der Waals surface area (Å²) in [5.41, 5.74) is 7.63. The summed E-state index contributed by atoms with van der Waals surface area (Å²) in [6, 6.07) is 3.82. The minimum absolute atomic E-state index is 0.0624. The predicted molar refractivity (Wildman–Crippen MR) is 85.2 cm³/mol. The van der Waals surface area contributed by atoms with Crippen molar-refractivity contribution >= 4 is 32.2 Å². The first-order valence-corrected chi connectivity index (χ1v) is 9.00. The van der Waals surface area contributed by atoms with Crippen LogP contribution in [0.2, 0.25) is 0 Å². The van der Waals surface area contributed by atoms with Crippen molar-refractivity contribution in [3.8, 4) is 0 Å². The van der Waals surface area contributed by atoms with E-state index in [2.05, 4.69) is 14.7 Å². The maximum atomic E-state index is 12.2. The van der Waals surface area contributed by atoms with Crippen molar-refractivity contribution in [2.45, 2.75) is 31.7 Å². The number of nitrogens with zero attached hydrogens (tertiary/aromatic N) is 2. The molecule has 2 rings (SSSR count). The lowest BCUT2D eigenvalue weighted by molar-refractivity contribution is 0.595. The van der Waals surface area contributed by atoms with Gasteiger partial charge in [-0.2, -0.15) is 4.37 Å². The molecule has 3 N–H and O–H groups in total. The van der Waals surface area contributed by atoms with Crippen LogP contribution in [0.5, 0.6) is 0 Å². The Bertz CT molecular complexity index is 726. The number of pyridine rings is 1. The average Bonchev–Trinajstić information content (AvgIpc) is 2.80. The molecule has 6 nitrogen and oxygen atoms in total. The van der Waals surface area contributed by atoms with E-state index in [1.807, 2.05) is 26.0 Å². The van der Waals surface area contributed by atoms with Crippen molar-refractivity contribution in [3.05, 3.63) is 29.6 Å². The van der Waals surface area contributed by atoms with Gasteiger partial charge in [-0.05, 0) is 36.5 Å². The highest BCUT2D eigenvalue weighted by molar-refractivity contribution is 7.91. The second-order valence-electron chi connectivity index (χ2n) is 4.67. The van der Waals surface area contributed by atoms with Gasteiger partial charge in [0, 0.05) is 6.20 Å². The minimum atomic E-state index is -3.40. The van der Waals surface area contributed by atoms with Crippen LogP contribution in [0.4, 0.5) is 10.8 Å². The Morgan fingerprint density at radius 1 is 1.43 bits per heavy atom. The normalized spacial score (nSPS) is 11.5. The molecular weight excluding hydrogens is 308 g/mol. The van der Waals surface area contributed by atoms with Crippen LogP contribution in [0, 0.1) is 6.92 Å². The quantitative estimate of drug-likeness (QED) is 0.844. The van der Waals surface area contributed by atoms with Gasteiger partial charge in [-0.1, -0.05) is 13.0 Å². The number of nitrogens with one attached hydrogen (secondary N) is 1. The number of sulfone groups is 1. The first-order chi connectivity index (χ1) is 9.95. The topological polar surface area (TPSA) is 98.0 Å². The van der Waals surface area contributed by atoms with Gasteiger partial charge < -0.3 is 11.1 Å². The lowest BCUT2D eigenvalue weighted by Gasteiger charge is -2.08. The second kappa shape index (κ2) is 6.40. The third-order valence-corrected chi connectivity index (χ3v) is 5.92. The molecule has 2 aromatic heterocycles. The van der Waals surface area contributed by atoms with Gasteiger partial charge in [0.15, 0.2) is 15.7 Å². The van der Waals surface area contributed by atoms with E-state index < -0.39 is 9.84 Å². The van der Waals surface area contributed by atoms with E-state index in [9.17, 15) is 8.42 Å². The fraction of sp³-hybridized carbons (Fsp3) is 0.385. The number of hydrogen-bond acceptors (Lipinski definition) is 7. The van der Waals surface area contributed by atoms with Crippen LogP contribution in [0.25, 0.3) is 0 Å². The maximum absolute atomic E-state index is 12.2. The molecule has 0 saturated heterocycles. The van der Waals surface area contributed by atoms with Crippen LogP contribution < -0.4 is 11.1 Å². The number of nitrogen functional groups attached to an aromatic ring is 1. The molecule has 2 aromatic rings. The summed E-state index contributed by atoms with van der Waals surface area (Å²) in [5.74, 6) is 0.126. The van der Waals surface area contributed by atoms with E-state index in [-0.39, 0.29) is 16.5 Å². The van der Waals surface area contributed by atoms with Crippen LogP contribution in [0.3, 0.4) is 0 Å². The smallest absolute Gasteiger partial charge is 0.185 e. The van der Waals surface area contributed by atoms with Gasteiger partial charge in [-0.3, -0.25) is 4.98 Å². The highest BCUT2D eigenvalue weighted by Gasteiger charge is 2.24. The molecule has 0 aliphatic carbocycles. The van der Waals surface area contributed by atoms with Gasteiger partial charge in [-0.25, -0.2) is 8.42 Å². The standard InChI is InChI=1S/C13H18N4O2S2/c1-3-7-21(18,19)11-12(14)17-20-13(11)16-8-10-9(2)5-4-6-15-10/h4-6,16H,3,7-8H2,1-2H3,(H2,14,17). The lowest BCUT2D eigenvalue weighted by Crippen LogP contribution is -2.11. The minimum Gasteiger partial charge on any atom is -0.382 e. The van der Waals surface area contributed by atoms with E-state index in [1.54, 1.807) is 6.20 Å². The number of anilines is 2. The Kier molecular flexibility index (Phi) is 4.79. The van der Waals surface area contributed by atoms with Crippen molar-refractivity contribution in [3.63, 3.8) is 0 Å². The Morgan fingerprint density at radius 3 is 2.86 bits per heavy atom. The largest absolute Gasteiger partial charge is 0.382 e. The Labute approximate surface area is 128 Å².